The van der Waals surface area contributed by atoms with Crippen molar-refractivity contribution in [2.45, 2.75) is 166 Å². The van der Waals surface area contributed by atoms with Crippen LogP contribution in [0.5, 0.6) is 0 Å². The predicted molar refractivity (Wildman–Crippen MR) is 320 cm³/mol. The van der Waals surface area contributed by atoms with Gasteiger partial charge in [0.05, 0.1) is 0 Å². The van der Waals surface area contributed by atoms with Crippen LogP contribution in [-0.2, 0) is 37.2 Å². The van der Waals surface area contributed by atoms with E-state index in [1.54, 1.807) is 0 Å². The van der Waals surface area contributed by atoms with Crippen molar-refractivity contribution in [2.24, 2.45) is 11.8 Å². The number of allylic oxidation sites excluding steroid dienone is 2. The zero-order valence-electron chi connectivity index (χ0n) is 47.3. The quantitative estimate of drug-likeness (QED) is 0.113. The number of hydrogen-bond donors (Lipinski definition) is 0. The van der Waals surface area contributed by atoms with E-state index in [0.29, 0.717) is 11.8 Å². The van der Waals surface area contributed by atoms with Crippen molar-refractivity contribution in [3.05, 3.63) is 177 Å². The summed E-state index contributed by atoms with van der Waals surface area (Å²) in [6.07, 6.45) is 7.12. The molecule has 0 fully saturated rings. The van der Waals surface area contributed by atoms with Gasteiger partial charge in [-0.3, -0.25) is 0 Å². The molecule has 0 saturated carbocycles. The van der Waals surface area contributed by atoms with Crippen molar-refractivity contribution in [1.29, 1.82) is 0 Å². The molecule has 0 amide bonds. The van der Waals surface area contributed by atoms with Gasteiger partial charge in [0.2, 0.25) is 0 Å². The van der Waals surface area contributed by atoms with Crippen LogP contribution in [0.15, 0.2) is 132 Å². The molecule has 0 nitrogen and oxygen atoms in total. The van der Waals surface area contributed by atoms with Crippen molar-refractivity contribution in [2.75, 3.05) is 0 Å². The van der Waals surface area contributed by atoms with E-state index in [9.17, 15) is 17.0 Å². The maximum atomic E-state index is 9.36. The van der Waals surface area contributed by atoms with Crippen LogP contribution < -0.4 is 0 Å². The van der Waals surface area contributed by atoms with Crippen molar-refractivity contribution < 1.29 is 15.6 Å². The molecule has 0 radical (unpaired) electrons. The Morgan fingerprint density at radius 1 is 0.431 bits per heavy atom. The molecule has 0 heterocycles. The second kappa shape index (κ2) is 19.6. The number of hydrogen-bond acceptors (Lipinski definition) is 0. The van der Waals surface area contributed by atoms with Crippen molar-refractivity contribution >= 4 is 35.1 Å². The molecule has 2 atom stereocenters. The number of fused-ring (bicyclic) bond motifs is 2. The second-order valence-electron chi connectivity index (χ2n) is 27.2. The Bertz CT molecular complexity index is 2800. The molecule has 2 unspecified atom stereocenters. The average Bonchev–Trinajstić information content (AvgIpc) is 3.85. The first kappa shape index (κ1) is 54.7. The summed E-state index contributed by atoms with van der Waals surface area (Å²) in [5.74, 6) is -1.04. The van der Waals surface area contributed by atoms with Crippen LogP contribution in [0.4, 0.5) is 0 Å². The Hall–Kier alpha value is -3.52. The van der Waals surface area contributed by atoms with Crippen LogP contribution in [0.3, 0.4) is 0 Å². The van der Waals surface area contributed by atoms with Crippen molar-refractivity contribution in [1.82, 2.24) is 0 Å². The molecule has 0 saturated heterocycles. The standard InChI is InChI=1S/2C33H39.C2H7Si.2ClH.Zr/c2*1-22(2)16-23-17-25-14-15-29(24-12-10-9-11-13-24)31(30(25)18-23)26-19-27(32(3,4)5)21-28(20-26)33(6,7)8;1-3-2;;;/h2*9-15,17-22H,16H2,1-8H3;3H,1-2H3;2*1H;/q;;;;;+2/p-2. The van der Waals surface area contributed by atoms with Crippen LogP contribution in [0.25, 0.3) is 56.7 Å². The van der Waals surface area contributed by atoms with Gasteiger partial charge in [-0.25, -0.2) is 0 Å². The zero-order chi connectivity index (χ0) is 52.7. The fourth-order valence-corrected chi connectivity index (χ4v) is 43.4. The Morgan fingerprint density at radius 3 is 1.00 bits per heavy atom. The van der Waals surface area contributed by atoms with Crippen LogP contribution in [0.2, 0.25) is 13.1 Å². The van der Waals surface area contributed by atoms with E-state index in [1.807, 2.05) is 0 Å². The summed E-state index contributed by atoms with van der Waals surface area (Å²) in [7, 11) is 18.7. The second-order valence-corrected chi connectivity index (χ2v) is 69.7. The van der Waals surface area contributed by atoms with Crippen LogP contribution in [0, 0.1) is 11.8 Å². The zero-order valence-corrected chi connectivity index (χ0v) is 52.4. The van der Waals surface area contributed by atoms with E-state index in [4.69, 9.17) is 0 Å². The molecule has 6 aromatic carbocycles. The van der Waals surface area contributed by atoms with Gasteiger partial charge in [-0.15, -0.1) is 0 Å². The minimum absolute atomic E-state index is 0.0317. The first-order valence-corrected chi connectivity index (χ1v) is 43.5. The minimum atomic E-state index is -5.32. The van der Waals surface area contributed by atoms with E-state index >= 15 is 0 Å². The molecule has 0 N–H and O–H groups in total. The van der Waals surface area contributed by atoms with E-state index < -0.39 is 21.5 Å². The van der Waals surface area contributed by atoms with Crippen molar-refractivity contribution in [3.8, 4) is 44.5 Å². The van der Waals surface area contributed by atoms with Crippen LogP contribution >= 0.6 is 17.0 Å². The summed E-state index contributed by atoms with van der Waals surface area (Å²) < 4.78 is -0.0634. The SMILES string of the molecule is CC(C)CC1=Cc2c(ccc(-c3ccccc3)c2-c2cc(C(C)(C)C)cc(C(C)(C)C)c2)[CH]1[Zr]([Cl])([Cl])([CH]1C(CC(C)C)=Cc2c1ccc(-c1ccccc1)c2-c1cc(C(C)(C)C)cc(C(C)(C)C)c1)[SiH](C)C. The van der Waals surface area contributed by atoms with Gasteiger partial charge >= 0.3 is 450 Å². The Morgan fingerprint density at radius 2 is 0.736 bits per heavy atom. The van der Waals surface area contributed by atoms with Crippen LogP contribution in [0.1, 0.15) is 175 Å². The van der Waals surface area contributed by atoms with Gasteiger partial charge in [0.25, 0.3) is 0 Å². The van der Waals surface area contributed by atoms with Gasteiger partial charge < -0.3 is 0 Å². The number of rotatable bonds is 11. The van der Waals surface area contributed by atoms with Gasteiger partial charge in [0.1, 0.15) is 0 Å². The van der Waals surface area contributed by atoms with Crippen LogP contribution in [-0.4, -0.2) is 5.92 Å². The van der Waals surface area contributed by atoms with E-state index in [1.165, 1.54) is 100 Å². The van der Waals surface area contributed by atoms with Gasteiger partial charge in [0, 0.05) is 0 Å². The molecule has 8 rings (SSSR count). The maximum absolute atomic E-state index is 9.36. The first-order chi connectivity index (χ1) is 33.4. The fraction of sp³-hybridized carbons (Fsp3) is 0.412. The molecule has 2 aliphatic carbocycles. The molecule has 2 aliphatic rings. The van der Waals surface area contributed by atoms with E-state index in [2.05, 4.69) is 257 Å². The summed E-state index contributed by atoms with van der Waals surface area (Å²) in [5.41, 5.74) is 23.7. The third-order valence-electron chi connectivity index (χ3n) is 16.2. The first-order valence-electron chi connectivity index (χ1n) is 27.1. The molecule has 4 heteroatoms. The predicted octanol–water partition coefficient (Wildman–Crippen LogP) is 21.2. The summed E-state index contributed by atoms with van der Waals surface area (Å²) in [5, 5.41) is 0. The number of benzene rings is 6. The molecule has 0 aromatic heterocycles. The van der Waals surface area contributed by atoms with Gasteiger partial charge in [-0.05, 0) is 0 Å². The summed E-state index contributed by atoms with van der Waals surface area (Å²) in [6, 6.07) is 46.8. The molecule has 72 heavy (non-hydrogen) atoms. The van der Waals surface area contributed by atoms with E-state index in [-0.39, 0.29) is 28.9 Å². The molecule has 0 bridgehead atoms. The third kappa shape index (κ3) is 10.3. The molecule has 6 aromatic rings. The Kier molecular flexibility index (Phi) is 14.9. The van der Waals surface area contributed by atoms with Gasteiger partial charge in [0.15, 0.2) is 0 Å². The molecule has 0 spiro atoms. The summed E-state index contributed by atoms with van der Waals surface area (Å²) >= 11 is -5.32. The normalized spacial score (nSPS) is 17.0. The molecule has 379 valence electrons. The topological polar surface area (TPSA) is 0 Å². The van der Waals surface area contributed by atoms with Gasteiger partial charge in [-0.1, -0.05) is 0 Å². The summed E-state index contributed by atoms with van der Waals surface area (Å²) in [4.78, 5) is 0. The number of halogens is 2. The van der Waals surface area contributed by atoms with Gasteiger partial charge in [-0.2, -0.15) is 0 Å². The fourth-order valence-electron chi connectivity index (χ4n) is 12.1. The molecule has 0 aliphatic heterocycles. The van der Waals surface area contributed by atoms with E-state index in [0.717, 1.165) is 12.8 Å². The molecular formula is C68H85Cl2SiZr. The monoisotopic (exact) mass is 1090 g/mol. The summed E-state index contributed by atoms with van der Waals surface area (Å²) in [6.45, 7) is 42.8. The average molecular weight is 1090 g/mol. The Balaban J connectivity index is 1.48. The third-order valence-corrected chi connectivity index (χ3v) is 68.0. The molecular weight excluding hydrogens is 1010 g/mol. The van der Waals surface area contributed by atoms with Crippen molar-refractivity contribution in [3.63, 3.8) is 0 Å². The Labute approximate surface area is 446 Å².